The first-order valence-electron chi connectivity index (χ1n) is 5.98. The SMILES string of the molecule is CO.COc1cc(-c2ccc(N)c(OC)c2)ccc1N. The Balaban J connectivity index is 0.000000956. The van der Waals surface area contributed by atoms with Crippen LogP contribution in [0.15, 0.2) is 36.4 Å². The number of ether oxygens (including phenoxy) is 2. The lowest BCUT2D eigenvalue weighted by molar-refractivity contribution is 0.399. The van der Waals surface area contributed by atoms with Crippen LogP contribution >= 0.6 is 0 Å². The lowest BCUT2D eigenvalue weighted by Crippen LogP contribution is -1.94. The van der Waals surface area contributed by atoms with Crippen LogP contribution in [-0.4, -0.2) is 26.4 Å². The van der Waals surface area contributed by atoms with Gasteiger partial charge in [0, 0.05) is 7.11 Å². The summed E-state index contributed by atoms with van der Waals surface area (Å²) in [7, 11) is 4.19. The van der Waals surface area contributed by atoms with Crippen molar-refractivity contribution in [3.8, 4) is 22.6 Å². The molecule has 0 heterocycles. The lowest BCUT2D eigenvalue weighted by Gasteiger charge is -2.10. The molecule has 0 fully saturated rings. The van der Waals surface area contributed by atoms with Gasteiger partial charge in [-0.05, 0) is 35.4 Å². The zero-order chi connectivity index (χ0) is 15.1. The fourth-order valence-corrected chi connectivity index (χ4v) is 1.78. The van der Waals surface area contributed by atoms with Crippen LogP contribution in [0, 0.1) is 0 Å². The van der Waals surface area contributed by atoms with Crippen molar-refractivity contribution in [2.75, 3.05) is 32.8 Å². The van der Waals surface area contributed by atoms with E-state index in [0.29, 0.717) is 22.9 Å². The van der Waals surface area contributed by atoms with Gasteiger partial charge in [-0.2, -0.15) is 0 Å². The maximum Gasteiger partial charge on any atom is 0.142 e. The highest BCUT2D eigenvalue weighted by Gasteiger charge is 2.06. The molecule has 2 rings (SSSR count). The second-order valence-corrected chi connectivity index (χ2v) is 3.91. The van der Waals surface area contributed by atoms with Crippen LogP contribution in [0.3, 0.4) is 0 Å². The third-order valence-corrected chi connectivity index (χ3v) is 2.80. The maximum absolute atomic E-state index is 7.00. The van der Waals surface area contributed by atoms with Gasteiger partial charge in [0.15, 0.2) is 0 Å². The Kier molecular flexibility index (Phi) is 5.68. The van der Waals surface area contributed by atoms with Crippen molar-refractivity contribution in [2.24, 2.45) is 0 Å². The van der Waals surface area contributed by atoms with Crippen molar-refractivity contribution in [2.45, 2.75) is 0 Å². The highest BCUT2D eigenvalue weighted by atomic mass is 16.5. The number of aliphatic hydroxyl groups is 1. The van der Waals surface area contributed by atoms with E-state index in [0.717, 1.165) is 18.2 Å². The Morgan fingerprint density at radius 3 is 1.40 bits per heavy atom. The average Bonchev–Trinajstić information content (AvgIpc) is 2.50. The maximum atomic E-state index is 7.00. The largest absolute Gasteiger partial charge is 0.495 e. The number of hydrogen-bond donors (Lipinski definition) is 3. The summed E-state index contributed by atoms with van der Waals surface area (Å²) < 4.78 is 10.4. The molecule has 0 atom stereocenters. The van der Waals surface area contributed by atoms with Crippen molar-refractivity contribution >= 4 is 11.4 Å². The number of nitrogen functional groups attached to an aromatic ring is 2. The predicted octanol–water partition coefficient (Wildman–Crippen LogP) is 2.14. The Morgan fingerprint density at radius 1 is 0.750 bits per heavy atom. The number of benzene rings is 2. The molecule has 0 saturated heterocycles. The smallest absolute Gasteiger partial charge is 0.142 e. The van der Waals surface area contributed by atoms with E-state index in [-0.39, 0.29) is 0 Å². The first-order chi connectivity index (χ1) is 9.65. The first-order valence-corrected chi connectivity index (χ1v) is 5.98. The van der Waals surface area contributed by atoms with Gasteiger partial charge in [0.2, 0.25) is 0 Å². The minimum Gasteiger partial charge on any atom is -0.495 e. The molecule has 5 nitrogen and oxygen atoms in total. The predicted molar refractivity (Wildman–Crippen MR) is 81.9 cm³/mol. The van der Waals surface area contributed by atoms with Gasteiger partial charge in [-0.1, -0.05) is 12.1 Å². The van der Waals surface area contributed by atoms with E-state index in [9.17, 15) is 0 Å². The molecule has 20 heavy (non-hydrogen) atoms. The normalized spacial score (nSPS) is 9.40. The van der Waals surface area contributed by atoms with E-state index < -0.39 is 0 Å². The molecule has 5 heteroatoms. The molecule has 0 bridgehead atoms. The van der Waals surface area contributed by atoms with Crippen LogP contribution in [-0.2, 0) is 0 Å². The van der Waals surface area contributed by atoms with Crippen LogP contribution in [0.4, 0.5) is 11.4 Å². The summed E-state index contributed by atoms with van der Waals surface area (Å²) in [4.78, 5) is 0. The summed E-state index contributed by atoms with van der Waals surface area (Å²) in [6.45, 7) is 0. The van der Waals surface area contributed by atoms with Gasteiger partial charge >= 0.3 is 0 Å². The van der Waals surface area contributed by atoms with Gasteiger partial charge in [-0.25, -0.2) is 0 Å². The zero-order valence-corrected chi connectivity index (χ0v) is 11.9. The molecular formula is C15H20N2O3. The molecule has 2 aromatic rings. The molecule has 0 amide bonds. The average molecular weight is 276 g/mol. The molecule has 0 aliphatic heterocycles. The minimum atomic E-state index is 0.615. The van der Waals surface area contributed by atoms with Crippen molar-refractivity contribution in [3.05, 3.63) is 36.4 Å². The fraction of sp³-hybridized carbons (Fsp3) is 0.200. The van der Waals surface area contributed by atoms with Crippen LogP contribution < -0.4 is 20.9 Å². The van der Waals surface area contributed by atoms with E-state index in [1.54, 1.807) is 14.2 Å². The van der Waals surface area contributed by atoms with Crippen molar-refractivity contribution in [1.29, 1.82) is 0 Å². The van der Waals surface area contributed by atoms with Gasteiger partial charge < -0.3 is 26.0 Å². The molecule has 108 valence electrons. The number of rotatable bonds is 3. The van der Waals surface area contributed by atoms with Gasteiger partial charge in [-0.3, -0.25) is 0 Å². The monoisotopic (exact) mass is 276 g/mol. The molecule has 0 unspecified atom stereocenters. The molecule has 0 aliphatic carbocycles. The Morgan fingerprint density at radius 2 is 1.10 bits per heavy atom. The molecule has 0 aromatic heterocycles. The minimum absolute atomic E-state index is 0.615. The van der Waals surface area contributed by atoms with E-state index in [1.807, 2.05) is 36.4 Å². The Bertz CT molecular complexity index is 520. The second kappa shape index (κ2) is 7.25. The third kappa shape index (κ3) is 3.33. The van der Waals surface area contributed by atoms with Crippen LogP contribution in [0.2, 0.25) is 0 Å². The van der Waals surface area contributed by atoms with Gasteiger partial charge in [0.1, 0.15) is 11.5 Å². The van der Waals surface area contributed by atoms with Crippen LogP contribution in [0.5, 0.6) is 11.5 Å². The summed E-state index contributed by atoms with van der Waals surface area (Å²) in [5, 5.41) is 7.00. The quantitative estimate of drug-likeness (QED) is 0.747. The van der Waals surface area contributed by atoms with E-state index in [1.165, 1.54) is 0 Å². The summed E-state index contributed by atoms with van der Waals surface area (Å²) >= 11 is 0. The zero-order valence-electron chi connectivity index (χ0n) is 11.9. The molecule has 0 aliphatic rings. The van der Waals surface area contributed by atoms with Gasteiger partial charge in [-0.15, -0.1) is 0 Å². The van der Waals surface area contributed by atoms with E-state index in [4.69, 9.17) is 26.0 Å². The molecule has 5 N–H and O–H groups in total. The number of nitrogens with two attached hydrogens (primary N) is 2. The summed E-state index contributed by atoms with van der Waals surface area (Å²) in [6, 6.07) is 11.3. The Labute approximate surface area is 118 Å². The number of aliphatic hydroxyl groups excluding tert-OH is 1. The van der Waals surface area contributed by atoms with E-state index >= 15 is 0 Å². The highest BCUT2D eigenvalue weighted by molar-refractivity contribution is 5.73. The third-order valence-electron chi connectivity index (χ3n) is 2.80. The summed E-state index contributed by atoms with van der Waals surface area (Å²) in [5.74, 6) is 1.31. The molecule has 0 radical (unpaired) electrons. The van der Waals surface area contributed by atoms with Crippen molar-refractivity contribution in [3.63, 3.8) is 0 Å². The lowest BCUT2D eigenvalue weighted by atomic mass is 10.0. The summed E-state index contributed by atoms with van der Waals surface area (Å²) in [6.07, 6.45) is 0. The van der Waals surface area contributed by atoms with Crippen molar-refractivity contribution in [1.82, 2.24) is 0 Å². The number of hydrogen-bond acceptors (Lipinski definition) is 5. The molecule has 0 spiro atoms. The summed E-state index contributed by atoms with van der Waals surface area (Å²) in [5.41, 5.74) is 14.8. The molecular weight excluding hydrogens is 256 g/mol. The number of methoxy groups -OCH3 is 2. The van der Waals surface area contributed by atoms with Crippen LogP contribution in [0.1, 0.15) is 0 Å². The standard InChI is InChI=1S/C14H16N2O2.CH4O/c1-17-13-7-9(3-5-11(13)15)10-4-6-12(16)14(8-10)18-2;1-2/h3-8H,15-16H2,1-2H3;2H,1H3. The van der Waals surface area contributed by atoms with Crippen molar-refractivity contribution < 1.29 is 14.6 Å². The number of anilines is 2. The topological polar surface area (TPSA) is 90.7 Å². The Hall–Kier alpha value is -2.40. The molecule has 2 aromatic carbocycles. The van der Waals surface area contributed by atoms with E-state index in [2.05, 4.69) is 0 Å². The first kappa shape index (κ1) is 15.7. The van der Waals surface area contributed by atoms with Gasteiger partial charge in [0.25, 0.3) is 0 Å². The van der Waals surface area contributed by atoms with Gasteiger partial charge in [0.05, 0.1) is 25.6 Å². The second-order valence-electron chi connectivity index (χ2n) is 3.91. The highest BCUT2D eigenvalue weighted by Crippen LogP contribution is 2.32. The molecule has 0 saturated carbocycles. The fourth-order valence-electron chi connectivity index (χ4n) is 1.78. The van der Waals surface area contributed by atoms with Crippen LogP contribution in [0.25, 0.3) is 11.1 Å².